The molecule has 0 aliphatic rings. The monoisotopic (exact) mass is 233 g/mol. The number of benzene rings is 1. The van der Waals surface area contributed by atoms with E-state index in [1.54, 1.807) is 12.1 Å². The van der Waals surface area contributed by atoms with Crippen LogP contribution in [0.25, 0.3) is 0 Å². The Morgan fingerprint density at radius 3 is 2.41 bits per heavy atom. The van der Waals surface area contributed by atoms with Gasteiger partial charge in [-0.2, -0.15) is 5.26 Å². The van der Waals surface area contributed by atoms with Crippen molar-refractivity contribution in [2.45, 2.75) is 19.3 Å². The lowest BCUT2D eigenvalue weighted by Crippen LogP contribution is -2.06. The van der Waals surface area contributed by atoms with Crippen molar-refractivity contribution in [2.24, 2.45) is 0 Å². The third-order valence-corrected chi connectivity index (χ3v) is 2.29. The maximum Gasteiger partial charge on any atom is 0.307 e. The number of carboxylic acid groups (broad SMARTS) is 2. The van der Waals surface area contributed by atoms with Gasteiger partial charge in [0.05, 0.1) is 18.1 Å². The summed E-state index contributed by atoms with van der Waals surface area (Å²) in [5.41, 5.74) is 1.53. The molecule has 0 radical (unpaired) electrons. The summed E-state index contributed by atoms with van der Waals surface area (Å²) < 4.78 is 0. The molecule has 0 amide bonds. The van der Waals surface area contributed by atoms with Gasteiger partial charge >= 0.3 is 11.9 Å². The molecule has 0 saturated carbocycles. The quantitative estimate of drug-likeness (QED) is 0.796. The number of nitriles is 1. The van der Waals surface area contributed by atoms with Crippen LogP contribution in [0.4, 0.5) is 0 Å². The Bertz CT molecular complexity index is 488. The number of hydrogen-bond acceptors (Lipinski definition) is 3. The van der Waals surface area contributed by atoms with E-state index in [-0.39, 0.29) is 19.3 Å². The third kappa shape index (κ3) is 3.95. The zero-order valence-corrected chi connectivity index (χ0v) is 9.01. The van der Waals surface area contributed by atoms with E-state index in [2.05, 4.69) is 0 Å². The van der Waals surface area contributed by atoms with E-state index >= 15 is 0 Å². The Hall–Kier alpha value is -2.35. The van der Waals surface area contributed by atoms with Gasteiger partial charge in [-0.05, 0) is 29.7 Å². The molecule has 1 aromatic rings. The first-order valence-electron chi connectivity index (χ1n) is 4.98. The van der Waals surface area contributed by atoms with Crippen LogP contribution in [0.15, 0.2) is 18.2 Å². The summed E-state index contributed by atoms with van der Waals surface area (Å²) in [6.07, 6.45) is 0.00659. The number of carboxylic acids is 2. The summed E-state index contributed by atoms with van der Waals surface area (Å²) in [6, 6.07) is 6.58. The van der Waals surface area contributed by atoms with E-state index < -0.39 is 11.9 Å². The zero-order valence-electron chi connectivity index (χ0n) is 9.01. The van der Waals surface area contributed by atoms with Crippen molar-refractivity contribution in [3.63, 3.8) is 0 Å². The number of rotatable bonds is 5. The van der Waals surface area contributed by atoms with Crippen LogP contribution in [0.2, 0.25) is 0 Å². The van der Waals surface area contributed by atoms with E-state index in [9.17, 15) is 9.59 Å². The van der Waals surface area contributed by atoms with Gasteiger partial charge in [-0.3, -0.25) is 9.59 Å². The van der Waals surface area contributed by atoms with Gasteiger partial charge in [0.15, 0.2) is 0 Å². The molecule has 0 saturated heterocycles. The van der Waals surface area contributed by atoms with Crippen LogP contribution >= 0.6 is 0 Å². The molecule has 0 atom stereocenters. The highest BCUT2D eigenvalue weighted by atomic mass is 16.4. The fourth-order valence-corrected chi connectivity index (χ4v) is 1.51. The molecule has 0 aliphatic carbocycles. The highest BCUT2D eigenvalue weighted by Gasteiger charge is 2.09. The Kier molecular flexibility index (Phi) is 4.23. The minimum atomic E-state index is -1.00. The second-order valence-electron chi connectivity index (χ2n) is 3.56. The highest BCUT2D eigenvalue weighted by Crippen LogP contribution is 2.15. The normalized spacial score (nSPS) is 9.59. The summed E-state index contributed by atoms with van der Waals surface area (Å²) in [6.45, 7) is 0. The largest absolute Gasteiger partial charge is 0.481 e. The predicted octanol–water partition coefficient (Wildman–Crippen LogP) is 1.20. The van der Waals surface area contributed by atoms with Crippen LogP contribution in [-0.4, -0.2) is 22.2 Å². The van der Waals surface area contributed by atoms with Gasteiger partial charge in [-0.1, -0.05) is 6.07 Å². The van der Waals surface area contributed by atoms with Crippen LogP contribution in [0, 0.1) is 11.3 Å². The van der Waals surface area contributed by atoms with Gasteiger partial charge < -0.3 is 10.2 Å². The second kappa shape index (κ2) is 5.66. The smallest absolute Gasteiger partial charge is 0.307 e. The van der Waals surface area contributed by atoms with Crippen molar-refractivity contribution in [1.82, 2.24) is 0 Å². The minimum Gasteiger partial charge on any atom is -0.481 e. The van der Waals surface area contributed by atoms with Gasteiger partial charge in [0.25, 0.3) is 0 Å². The fraction of sp³-hybridized carbons (Fsp3) is 0.250. The second-order valence-corrected chi connectivity index (χ2v) is 3.56. The molecular weight excluding hydrogens is 222 g/mol. The summed E-state index contributed by atoms with van der Waals surface area (Å²) >= 11 is 0. The Morgan fingerprint density at radius 2 is 1.88 bits per heavy atom. The molecule has 0 bridgehead atoms. The van der Waals surface area contributed by atoms with Crippen LogP contribution in [0.3, 0.4) is 0 Å². The topological polar surface area (TPSA) is 98.4 Å². The molecule has 0 aliphatic heterocycles. The lowest BCUT2D eigenvalue weighted by atomic mass is 9.98. The van der Waals surface area contributed by atoms with Crippen molar-refractivity contribution in [1.29, 1.82) is 5.26 Å². The maximum atomic E-state index is 10.7. The molecular formula is C12H11NO4. The van der Waals surface area contributed by atoms with E-state index in [1.807, 2.05) is 6.07 Å². The lowest BCUT2D eigenvalue weighted by Gasteiger charge is -2.06. The zero-order chi connectivity index (χ0) is 12.8. The predicted molar refractivity (Wildman–Crippen MR) is 58.5 cm³/mol. The summed E-state index contributed by atoms with van der Waals surface area (Å²) in [4.78, 5) is 21.1. The molecule has 0 unspecified atom stereocenters. The average Bonchev–Trinajstić information content (AvgIpc) is 2.26. The van der Waals surface area contributed by atoms with Crippen molar-refractivity contribution in [3.05, 3.63) is 34.9 Å². The molecule has 17 heavy (non-hydrogen) atoms. The van der Waals surface area contributed by atoms with E-state index in [0.717, 1.165) is 0 Å². The molecule has 0 fully saturated rings. The minimum absolute atomic E-state index is 0.0570. The number of aliphatic carboxylic acids is 2. The summed E-state index contributed by atoms with van der Waals surface area (Å²) in [5, 5.41) is 26.0. The van der Waals surface area contributed by atoms with Crippen molar-refractivity contribution < 1.29 is 19.8 Å². The van der Waals surface area contributed by atoms with Gasteiger partial charge in [0, 0.05) is 6.42 Å². The highest BCUT2D eigenvalue weighted by molar-refractivity contribution is 5.71. The summed E-state index contributed by atoms with van der Waals surface area (Å²) in [7, 11) is 0. The first kappa shape index (κ1) is 12.7. The Morgan fingerprint density at radius 1 is 1.18 bits per heavy atom. The number of carbonyl (C=O) groups is 2. The Labute approximate surface area is 97.9 Å². The molecule has 5 nitrogen and oxygen atoms in total. The molecule has 1 aromatic carbocycles. The molecule has 0 aromatic heterocycles. The van der Waals surface area contributed by atoms with E-state index in [0.29, 0.717) is 16.7 Å². The van der Waals surface area contributed by atoms with Gasteiger partial charge in [-0.15, -0.1) is 0 Å². The average molecular weight is 233 g/mol. The van der Waals surface area contributed by atoms with Crippen LogP contribution in [-0.2, 0) is 22.4 Å². The Balaban J connectivity index is 2.98. The maximum absolute atomic E-state index is 10.7. The lowest BCUT2D eigenvalue weighted by molar-refractivity contribution is -0.137. The number of aryl methyl sites for hydroxylation is 1. The third-order valence-electron chi connectivity index (χ3n) is 2.29. The molecule has 1 rings (SSSR count). The molecule has 0 spiro atoms. The molecule has 2 N–H and O–H groups in total. The van der Waals surface area contributed by atoms with E-state index in [1.165, 1.54) is 6.07 Å². The van der Waals surface area contributed by atoms with Crippen LogP contribution < -0.4 is 0 Å². The van der Waals surface area contributed by atoms with Crippen molar-refractivity contribution >= 4 is 11.9 Å². The van der Waals surface area contributed by atoms with Crippen LogP contribution in [0.5, 0.6) is 0 Å². The van der Waals surface area contributed by atoms with Crippen LogP contribution in [0.1, 0.15) is 23.1 Å². The first-order valence-corrected chi connectivity index (χ1v) is 4.98. The fourth-order valence-electron chi connectivity index (χ4n) is 1.51. The summed E-state index contributed by atoms with van der Waals surface area (Å²) in [5.74, 6) is -1.94. The number of nitrogens with zero attached hydrogens (tertiary/aromatic N) is 1. The standard InChI is InChI=1S/C12H11NO4/c13-7-8-1-2-9(3-4-11(14)15)10(5-8)6-12(16)17/h1-2,5H,3-4,6H2,(H,14,15)(H,16,17). The molecule has 88 valence electrons. The SMILES string of the molecule is N#Cc1ccc(CCC(=O)O)c(CC(=O)O)c1. The van der Waals surface area contributed by atoms with Gasteiger partial charge in [0.1, 0.15) is 0 Å². The van der Waals surface area contributed by atoms with Gasteiger partial charge in [-0.25, -0.2) is 0 Å². The van der Waals surface area contributed by atoms with Gasteiger partial charge in [0.2, 0.25) is 0 Å². The van der Waals surface area contributed by atoms with Crippen molar-refractivity contribution in [2.75, 3.05) is 0 Å². The first-order chi connectivity index (χ1) is 8.02. The molecule has 0 heterocycles. The number of hydrogen-bond donors (Lipinski definition) is 2. The molecule has 5 heteroatoms. The van der Waals surface area contributed by atoms with Crippen molar-refractivity contribution in [3.8, 4) is 6.07 Å². The van der Waals surface area contributed by atoms with E-state index in [4.69, 9.17) is 15.5 Å².